The Kier molecular flexibility index (Phi) is 3.58. The van der Waals surface area contributed by atoms with E-state index in [4.69, 9.17) is 11.6 Å². The van der Waals surface area contributed by atoms with Crippen LogP contribution in [-0.2, 0) is 0 Å². The van der Waals surface area contributed by atoms with Crippen molar-refractivity contribution >= 4 is 50.1 Å². The fourth-order valence-corrected chi connectivity index (χ4v) is 1.97. The van der Waals surface area contributed by atoms with Crippen LogP contribution in [-0.4, -0.2) is 9.97 Å². The highest BCUT2D eigenvalue weighted by molar-refractivity contribution is 14.1. The lowest BCUT2D eigenvalue weighted by Gasteiger charge is -2.03. The zero-order chi connectivity index (χ0) is 10.8. The highest BCUT2D eigenvalue weighted by Gasteiger charge is 2.07. The Bertz CT molecular complexity index is 505. The van der Waals surface area contributed by atoms with Crippen LogP contribution in [0.1, 0.15) is 0 Å². The molecule has 5 heteroatoms. The third-order valence-corrected chi connectivity index (χ3v) is 3.90. The minimum atomic E-state index is 0.483. The third-order valence-electron chi connectivity index (χ3n) is 1.82. The molecule has 0 saturated carbocycles. The number of hydrogen-bond donors (Lipinski definition) is 0. The Hall–Kier alpha value is -0.200. The molecule has 0 aliphatic carbocycles. The summed E-state index contributed by atoms with van der Waals surface area (Å²) in [5.74, 6) is 0.632. The maximum Gasteiger partial charge on any atom is 0.162 e. The van der Waals surface area contributed by atoms with Crippen LogP contribution in [0.3, 0.4) is 0 Å². The summed E-state index contributed by atoms with van der Waals surface area (Å²) in [4.78, 5) is 8.46. The number of halogens is 3. The average molecular weight is 395 g/mol. The smallest absolute Gasteiger partial charge is 0.162 e. The zero-order valence-corrected chi connectivity index (χ0v) is 11.9. The first kappa shape index (κ1) is 11.3. The first-order valence-corrected chi connectivity index (χ1v) is 6.36. The fraction of sp³-hybridized carbons (Fsp3) is 0. The molecular formula is C10H5BrClIN2. The lowest BCUT2D eigenvalue weighted by Crippen LogP contribution is -1.91. The molecule has 0 bridgehead atoms. The van der Waals surface area contributed by atoms with Crippen molar-refractivity contribution in [3.8, 4) is 11.4 Å². The molecule has 0 aliphatic rings. The van der Waals surface area contributed by atoms with Crippen molar-refractivity contribution in [3.63, 3.8) is 0 Å². The summed E-state index contributed by atoms with van der Waals surface area (Å²) in [6.45, 7) is 0. The van der Waals surface area contributed by atoms with E-state index in [0.29, 0.717) is 11.0 Å². The monoisotopic (exact) mass is 394 g/mol. The minimum Gasteiger partial charge on any atom is -0.235 e. The molecule has 0 fully saturated rings. The van der Waals surface area contributed by atoms with Gasteiger partial charge >= 0.3 is 0 Å². The number of hydrogen-bond acceptors (Lipinski definition) is 2. The highest BCUT2D eigenvalue weighted by atomic mass is 127. The largest absolute Gasteiger partial charge is 0.235 e. The van der Waals surface area contributed by atoms with Gasteiger partial charge in [0.15, 0.2) is 5.82 Å². The van der Waals surface area contributed by atoms with E-state index in [0.717, 1.165) is 13.6 Å². The van der Waals surface area contributed by atoms with E-state index in [1.807, 2.05) is 24.3 Å². The van der Waals surface area contributed by atoms with Crippen molar-refractivity contribution in [1.29, 1.82) is 0 Å². The average Bonchev–Trinajstić information content (AvgIpc) is 2.23. The van der Waals surface area contributed by atoms with E-state index in [2.05, 4.69) is 48.5 Å². The third kappa shape index (κ3) is 2.49. The topological polar surface area (TPSA) is 25.8 Å². The van der Waals surface area contributed by atoms with Gasteiger partial charge in [0, 0.05) is 16.2 Å². The molecular weight excluding hydrogens is 390 g/mol. The quantitative estimate of drug-likeness (QED) is 0.535. The molecule has 0 unspecified atom stereocenters. The molecule has 0 aliphatic heterocycles. The predicted molar refractivity (Wildman–Crippen MR) is 72.9 cm³/mol. The molecule has 2 nitrogen and oxygen atoms in total. The van der Waals surface area contributed by atoms with Crippen LogP contribution in [0.5, 0.6) is 0 Å². The number of aromatic nitrogens is 2. The van der Waals surface area contributed by atoms with Crippen molar-refractivity contribution in [2.75, 3.05) is 0 Å². The Morgan fingerprint density at radius 1 is 1.27 bits per heavy atom. The van der Waals surface area contributed by atoms with Crippen molar-refractivity contribution in [1.82, 2.24) is 9.97 Å². The first-order valence-electron chi connectivity index (χ1n) is 4.11. The summed E-state index contributed by atoms with van der Waals surface area (Å²) in [5.41, 5.74) is 0.941. The second-order valence-corrected chi connectivity index (χ2v) is 5.19. The maximum atomic E-state index is 5.94. The molecule has 1 aromatic heterocycles. The normalized spacial score (nSPS) is 10.3. The van der Waals surface area contributed by atoms with Gasteiger partial charge in [-0.1, -0.05) is 45.7 Å². The summed E-state index contributed by atoms with van der Waals surface area (Å²) in [6, 6.07) is 7.78. The second-order valence-electron chi connectivity index (χ2n) is 2.81. The van der Waals surface area contributed by atoms with E-state index in [-0.39, 0.29) is 0 Å². The maximum absolute atomic E-state index is 5.94. The lowest BCUT2D eigenvalue weighted by molar-refractivity contribution is 1.16. The first-order chi connectivity index (χ1) is 7.18. The summed E-state index contributed by atoms with van der Waals surface area (Å²) in [6.07, 6.45) is 1.71. The van der Waals surface area contributed by atoms with E-state index in [1.165, 1.54) is 0 Å². The van der Waals surface area contributed by atoms with Gasteiger partial charge in [-0.05, 0) is 28.7 Å². The van der Waals surface area contributed by atoms with Crippen LogP contribution in [0, 0.1) is 3.57 Å². The molecule has 76 valence electrons. The highest BCUT2D eigenvalue weighted by Crippen LogP contribution is 2.26. The van der Waals surface area contributed by atoms with E-state index >= 15 is 0 Å². The predicted octanol–water partition coefficient (Wildman–Crippen LogP) is 4.16. The van der Waals surface area contributed by atoms with E-state index in [9.17, 15) is 0 Å². The Morgan fingerprint density at radius 3 is 2.67 bits per heavy atom. The standard InChI is InChI=1S/C10H5BrClIN2/c11-7-4-2-1-3-6(7)10-14-5-8(13)9(12)15-10/h1-5H. The van der Waals surface area contributed by atoms with Gasteiger partial charge in [0.1, 0.15) is 5.15 Å². The zero-order valence-electron chi connectivity index (χ0n) is 7.42. The molecule has 2 rings (SSSR count). The van der Waals surface area contributed by atoms with Crippen LogP contribution < -0.4 is 0 Å². The van der Waals surface area contributed by atoms with Gasteiger partial charge < -0.3 is 0 Å². The van der Waals surface area contributed by atoms with Crippen LogP contribution in [0.25, 0.3) is 11.4 Å². The lowest BCUT2D eigenvalue weighted by atomic mass is 10.2. The summed E-state index contributed by atoms with van der Waals surface area (Å²) < 4.78 is 1.81. The van der Waals surface area contributed by atoms with E-state index < -0.39 is 0 Å². The molecule has 15 heavy (non-hydrogen) atoms. The molecule has 1 aromatic carbocycles. The van der Waals surface area contributed by atoms with Crippen molar-refractivity contribution in [2.45, 2.75) is 0 Å². The molecule has 0 spiro atoms. The molecule has 1 heterocycles. The summed E-state index contributed by atoms with van der Waals surface area (Å²) in [5, 5.41) is 0.483. The SMILES string of the molecule is Clc1nc(-c2ccccc2Br)ncc1I. The molecule has 0 saturated heterocycles. The number of rotatable bonds is 1. The van der Waals surface area contributed by atoms with E-state index in [1.54, 1.807) is 6.20 Å². The molecule has 0 amide bonds. The Morgan fingerprint density at radius 2 is 2.00 bits per heavy atom. The van der Waals surface area contributed by atoms with Crippen LogP contribution in [0.2, 0.25) is 5.15 Å². The van der Waals surface area contributed by atoms with Crippen LogP contribution >= 0.6 is 50.1 Å². The summed E-state index contributed by atoms with van der Waals surface area (Å²) >= 11 is 11.5. The number of nitrogens with zero attached hydrogens (tertiary/aromatic N) is 2. The summed E-state index contributed by atoms with van der Waals surface area (Å²) in [7, 11) is 0. The Labute approximate surface area is 114 Å². The molecule has 2 aromatic rings. The second kappa shape index (κ2) is 4.76. The van der Waals surface area contributed by atoms with Crippen molar-refractivity contribution in [2.24, 2.45) is 0 Å². The van der Waals surface area contributed by atoms with Gasteiger partial charge in [0.25, 0.3) is 0 Å². The Balaban J connectivity index is 2.55. The number of benzene rings is 1. The van der Waals surface area contributed by atoms with Gasteiger partial charge in [0.2, 0.25) is 0 Å². The van der Waals surface area contributed by atoms with Crippen LogP contribution in [0.4, 0.5) is 0 Å². The van der Waals surface area contributed by atoms with Crippen molar-refractivity contribution < 1.29 is 0 Å². The molecule has 0 atom stereocenters. The molecule has 0 N–H and O–H groups in total. The van der Waals surface area contributed by atoms with Gasteiger partial charge in [0.05, 0.1) is 3.57 Å². The van der Waals surface area contributed by atoms with Gasteiger partial charge in [-0.3, -0.25) is 0 Å². The van der Waals surface area contributed by atoms with Gasteiger partial charge in [-0.15, -0.1) is 0 Å². The van der Waals surface area contributed by atoms with Gasteiger partial charge in [-0.2, -0.15) is 0 Å². The van der Waals surface area contributed by atoms with Crippen LogP contribution in [0.15, 0.2) is 34.9 Å². The van der Waals surface area contributed by atoms with Crippen molar-refractivity contribution in [3.05, 3.63) is 43.7 Å². The fourth-order valence-electron chi connectivity index (χ4n) is 1.12. The van der Waals surface area contributed by atoms with Gasteiger partial charge in [-0.25, -0.2) is 9.97 Å². The minimum absolute atomic E-state index is 0.483. The molecule has 0 radical (unpaired) electrons.